The predicted octanol–water partition coefficient (Wildman–Crippen LogP) is 1.71. The van der Waals surface area contributed by atoms with E-state index in [9.17, 15) is 0 Å². The zero-order valence-corrected chi connectivity index (χ0v) is 6.70. The van der Waals surface area contributed by atoms with Gasteiger partial charge in [0.05, 0.1) is 0 Å². The van der Waals surface area contributed by atoms with Crippen molar-refractivity contribution in [3.05, 3.63) is 30.1 Å². The summed E-state index contributed by atoms with van der Waals surface area (Å²) in [5.74, 6) is 0. The second-order valence-corrected chi connectivity index (χ2v) is 2.21. The molecule has 2 heteroatoms. The van der Waals surface area contributed by atoms with Crippen molar-refractivity contribution in [1.29, 1.82) is 0 Å². The van der Waals surface area contributed by atoms with E-state index < -0.39 is 0 Å². The van der Waals surface area contributed by atoms with Gasteiger partial charge in [0, 0.05) is 31.1 Å². The molecule has 0 saturated carbocycles. The smallest absolute Gasteiger partial charge is 0.0456 e. The Labute approximate surface area is 67.0 Å². The van der Waals surface area contributed by atoms with Gasteiger partial charge in [-0.1, -0.05) is 6.07 Å². The molecule has 0 radical (unpaired) electrons. The van der Waals surface area contributed by atoms with Gasteiger partial charge in [0.15, 0.2) is 0 Å². The first kappa shape index (κ1) is 7.92. The second kappa shape index (κ2) is 4.61. The third-order valence-corrected chi connectivity index (χ3v) is 1.34. The summed E-state index contributed by atoms with van der Waals surface area (Å²) < 4.78 is 0. The molecule has 1 rings (SSSR count). The van der Waals surface area contributed by atoms with E-state index in [1.807, 2.05) is 31.3 Å². The first-order chi connectivity index (χ1) is 5.43. The lowest BCUT2D eigenvalue weighted by atomic mass is 10.3. The molecule has 0 atom stereocenters. The van der Waals surface area contributed by atoms with Crippen molar-refractivity contribution < 1.29 is 0 Å². The maximum Gasteiger partial charge on any atom is 0.0456 e. The standard InChI is InChI=1S/C9H12N2/c1-2-10-8-6-9-5-3-4-7-11-9/h3-5,7-8H,2,6H2,1H3. The van der Waals surface area contributed by atoms with Crippen molar-refractivity contribution in [3.8, 4) is 0 Å². The van der Waals surface area contributed by atoms with Crippen molar-refractivity contribution in [2.75, 3.05) is 6.54 Å². The Morgan fingerprint density at radius 2 is 2.45 bits per heavy atom. The number of nitrogens with zero attached hydrogens (tertiary/aromatic N) is 2. The molecule has 1 heterocycles. The zero-order valence-electron chi connectivity index (χ0n) is 6.70. The Hall–Kier alpha value is -1.18. The Kier molecular flexibility index (Phi) is 3.32. The van der Waals surface area contributed by atoms with Crippen molar-refractivity contribution in [1.82, 2.24) is 4.98 Å². The largest absolute Gasteiger partial charge is 0.297 e. The van der Waals surface area contributed by atoms with Crippen LogP contribution in [0.3, 0.4) is 0 Å². The van der Waals surface area contributed by atoms with Crippen LogP contribution in [0.15, 0.2) is 29.4 Å². The third-order valence-electron chi connectivity index (χ3n) is 1.34. The number of aromatic nitrogens is 1. The average Bonchev–Trinajstić information content (AvgIpc) is 2.07. The van der Waals surface area contributed by atoms with E-state index in [4.69, 9.17) is 0 Å². The molecule has 0 aliphatic heterocycles. The fourth-order valence-electron chi connectivity index (χ4n) is 0.806. The molecule has 2 nitrogen and oxygen atoms in total. The molecule has 0 bridgehead atoms. The topological polar surface area (TPSA) is 25.2 Å². The maximum atomic E-state index is 4.16. The molecule has 0 aliphatic carbocycles. The number of hydrogen-bond donors (Lipinski definition) is 0. The van der Waals surface area contributed by atoms with E-state index in [0.29, 0.717) is 0 Å². The Morgan fingerprint density at radius 3 is 3.09 bits per heavy atom. The number of hydrogen-bond acceptors (Lipinski definition) is 2. The van der Waals surface area contributed by atoms with Crippen LogP contribution in [0.5, 0.6) is 0 Å². The third kappa shape index (κ3) is 2.94. The molecule has 11 heavy (non-hydrogen) atoms. The predicted molar refractivity (Wildman–Crippen MR) is 47.0 cm³/mol. The van der Waals surface area contributed by atoms with Crippen LogP contribution < -0.4 is 0 Å². The average molecular weight is 148 g/mol. The van der Waals surface area contributed by atoms with Gasteiger partial charge in [0.1, 0.15) is 0 Å². The van der Waals surface area contributed by atoms with Crippen molar-refractivity contribution in [3.63, 3.8) is 0 Å². The molecule has 0 aliphatic rings. The summed E-state index contributed by atoms with van der Waals surface area (Å²) in [4.78, 5) is 8.26. The van der Waals surface area contributed by atoms with Gasteiger partial charge in [-0.2, -0.15) is 0 Å². The van der Waals surface area contributed by atoms with Crippen molar-refractivity contribution >= 4 is 6.21 Å². The van der Waals surface area contributed by atoms with Crippen LogP contribution in [0, 0.1) is 0 Å². The van der Waals surface area contributed by atoms with Gasteiger partial charge in [0.25, 0.3) is 0 Å². The molecule has 1 aromatic rings. The summed E-state index contributed by atoms with van der Waals surface area (Å²) in [6.07, 6.45) is 4.55. The lowest BCUT2D eigenvalue weighted by Gasteiger charge is -1.91. The lowest BCUT2D eigenvalue weighted by Crippen LogP contribution is -1.89. The van der Waals surface area contributed by atoms with Gasteiger partial charge in [-0.15, -0.1) is 0 Å². The van der Waals surface area contributed by atoms with Crippen LogP contribution in [0.1, 0.15) is 12.6 Å². The van der Waals surface area contributed by atoms with E-state index >= 15 is 0 Å². The highest BCUT2D eigenvalue weighted by Crippen LogP contribution is 1.91. The van der Waals surface area contributed by atoms with Crippen molar-refractivity contribution in [2.24, 2.45) is 4.99 Å². The highest BCUT2D eigenvalue weighted by atomic mass is 14.7. The molecule has 0 unspecified atom stereocenters. The fraction of sp³-hybridized carbons (Fsp3) is 0.333. The quantitative estimate of drug-likeness (QED) is 0.599. The molecule has 0 aromatic carbocycles. The van der Waals surface area contributed by atoms with Gasteiger partial charge < -0.3 is 0 Å². The Bertz CT molecular complexity index is 216. The molecule has 1 aromatic heterocycles. The van der Waals surface area contributed by atoms with Crippen LogP contribution in [-0.2, 0) is 6.42 Å². The normalized spacial score (nSPS) is 10.6. The lowest BCUT2D eigenvalue weighted by molar-refractivity contribution is 1.10. The zero-order chi connectivity index (χ0) is 7.94. The Morgan fingerprint density at radius 1 is 1.55 bits per heavy atom. The monoisotopic (exact) mass is 148 g/mol. The Balaban J connectivity index is 2.45. The van der Waals surface area contributed by atoms with Crippen LogP contribution in [0.25, 0.3) is 0 Å². The fourth-order valence-corrected chi connectivity index (χ4v) is 0.806. The highest BCUT2D eigenvalue weighted by molar-refractivity contribution is 5.60. The minimum atomic E-state index is 0.842. The van der Waals surface area contributed by atoms with E-state index in [0.717, 1.165) is 18.7 Å². The first-order valence-corrected chi connectivity index (χ1v) is 3.81. The SMILES string of the molecule is CCN=CCc1ccccn1. The van der Waals surface area contributed by atoms with Crippen LogP contribution in [0.4, 0.5) is 0 Å². The molecule has 0 saturated heterocycles. The highest BCUT2D eigenvalue weighted by Gasteiger charge is 1.86. The summed E-state index contributed by atoms with van der Waals surface area (Å²) >= 11 is 0. The van der Waals surface area contributed by atoms with Crippen LogP contribution >= 0.6 is 0 Å². The number of aliphatic imine (C=N–C) groups is 1. The summed E-state index contributed by atoms with van der Waals surface area (Å²) in [5.41, 5.74) is 1.07. The number of pyridine rings is 1. The molecule has 58 valence electrons. The van der Waals surface area contributed by atoms with E-state index in [1.54, 1.807) is 6.20 Å². The molecule has 0 fully saturated rings. The molecular weight excluding hydrogens is 136 g/mol. The molecule has 0 spiro atoms. The maximum absolute atomic E-state index is 4.16. The second-order valence-electron chi connectivity index (χ2n) is 2.21. The van der Waals surface area contributed by atoms with Gasteiger partial charge in [-0.05, 0) is 19.1 Å². The number of rotatable bonds is 3. The summed E-state index contributed by atoms with van der Waals surface area (Å²) in [5, 5.41) is 0. The van der Waals surface area contributed by atoms with Gasteiger partial charge >= 0.3 is 0 Å². The van der Waals surface area contributed by atoms with Gasteiger partial charge in [0.2, 0.25) is 0 Å². The summed E-state index contributed by atoms with van der Waals surface area (Å²) in [6, 6.07) is 5.91. The minimum absolute atomic E-state index is 0.842. The molecule has 0 N–H and O–H groups in total. The van der Waals surface area contributed by atoms with E-state index in [2.05, 4.69) is 9.98 Å². The van der Waals surface area contributed by atoms with Crippen LogP contribution in [0.2, 0.25) is 0 Å². The van der Waals surface area contributed by atoms with Gasteiger partial charge in [-0.25, -0.2) is 0 Å². The molecule has 0 amide bonds. The summed E-state index contributed by atoms with van der Waals surface area (Å²) in [7, 11) is 0. The van der Waals surface area contributed by atoms with Crippen molar-refractivity contribution in [2.45, 2.75) is 13.3 Å². The minimum Gasteiger partial charge on any atom is -0.297 e. The van der Waals surface area contributed by atoms with E-state index in [-0.39, 0.29) is 0 Å². The van der Waals surface area contributed by atoms with Crippen LogP contribution in [-0.4, -0.2) is 17.7 Å². The van der Waals surface area contributed by atoms with Gasteiger partial charge in [-0.3, -0.25) is 9.98 Å². The summed E-state index contributed by atoms with van der Waals surface area (Å²) in [6.45, 7) is 2.88. The molecular formula is C9H12N2. The first-order valence-electron chi connectivity index (χ1n) is 3.81. The van der Waals surface area contributed by atoms with E-state index in [1.165, 1.54) is 0 Å².